The summed E-state index contributed by atoms with van der Waals surface area (Å²) in [6, 6.07) is 3.80. The van der Waals surface area contributed by atoms with Crippen LogP contribution in [0, 0.1) is 0 Å². The molecule has 1 aliphatic rings. The fraction of sp³-hybridized carbons (Fsp3) is 0.222. The molecule has 1 aliphatic heterocycles. The zero-order valence-electron chi connectivity index (χ0n) is 8.46. The van der Waals surface area contributed by atoms with Crippen LogP contribution in [-0.2, 0) is 0 Å². The summed E-state index contributed by atoms with van der Waals surface area (Å²) in [4.78, 5) is 8.10. The Morgan fingerprint density at radius 2 is 2.31 bits per heavy atom. The van der Waals surface area contributed by atoms with Crippen molar-refractivity contribution in [3.63, 3.8) is 0 Å². The van der Waals surface area contributed by atoms with Gasteiger partial charge in [0, 0.05) is 24.5 Å². The highest BCUT2D eigenvalue weighted by Gasteiger charge is 2.00. The van der Waals surface area contributed by atoms with E-state index in [2.05, 4.69) is 25.8 Å². The molecular formula is C9H13Cl2N5. The van der Waals surface area contributed by atoms with E-state index in [9.17, 15) is 0 Å². The Kier molecular flexibility index (Phi) is 7.24. The van der Waals surface area contributed by atoms with E-state index >= 15 is 0 Å². The minimum absolute atomic E-state index is 0. The Balaban J connectivity index is 0.00000112. The van der Waals surface area contributed by atoms with Crippen molar-refractivity contribution >= 4 is 37.0 Å². The number of aliphatic imine (C=N–C) groups is 1. The molecular weight excluding hydrogens is 249 g/mol. The van der Waals surface area contributed by atoms with Crippen LogP contribution in [-0.4, -0.2) is 30.2 Å². The SMILES string of the molecule is C(=N\NC1=NCCN1)/c1cccnc1.Cl.Cl. The summed E-state index contributed by atoms with van der Waals surface area (Å²) in [6.45, 7) is 1.69. The van der Waals surface area contributed by atoms with Crippen LogP contribution in [0.4, 0.5) is 0 Å². The van der Waals surface area contributed by atoms with Crippen molar-refractivity contribution in [1.82, 2.24) is 15.7 Å². The molecule has 1 aromatic rings. The first-order chi connectivity index (χ1) is 6.95. The van der Waals surface area contributed by atoms with E-state index in [1.165, 1.54) is 0 Å². The smallest absolute Gasteiger partial charge is 0.212 e. The number of hydrogen-bond donors (Lipinski definition) is 2. The van der Waals surface area contributed by atoms with Crippen LogP contribution < -0.4 is 10.7 Å². The molecule has 2 N–H and O–H groups in total. The Hall–Kier alpha value is -1.33. The summed E-state index contributed by atoms with van der Waals surface area (Å²) >= 11 is 0. The van der Waals surface area contributed by atoms with E-state index in [0.29, 0.717) is 0 Å². The van der Waals surface area contributed by atoms with Crippen LogP contribution in [0.1, 0.15) is 5.56 Å². The van der Waals surface area contributed by atoms with Crippen LogP contribution in [0.3, 0.4) is 0 Å². The molecule has 16 heavy (non-hydrogen) atoms. The molecule has 0 fully saturated rings. The van der Waals surface area contributed by atoms with Crippen molar-refractivity contribution in [2.24, 2.45) is 10.1 Å². The average molecular weight is 262 g/mol. The lowest BCUT2D eigenvalue weighted by molar-refractivity contribution is 0.919. The van der Waals surface area contributed by atoms with Gasteiger partial charge >= 0.3 is 0 Å². The zero-order valence-corrected chi connectivity index (χ0v) is 10.1. The Labute approximate surface area is 106 Å². The van der Waals surface area contributed by atoms with Gasteiger partial charge in [-0.3, -0.25) is 4.98 Å². The molecule has 88 valence electrons. The van der Waals surface area contributed by atoms with E-state index < -0.39 is 0 Å². The van der Waals surface area contributed by atoms with Crippen molar-refractivity contribution < 1.29 is 0 Å². The molecule has 2 heterocycles. The molecule has 0 amide bonds. The first-order valence-electron chi connectivity index (χ1n) is 4.42. The van der Waals surface area contributed by atoms with Gasteiger partial charge in [-0.15, -0.1) is 24.8 Å². The summed E-state index contributed by atoms with van der Waals surface area (Å²) in [6.07, 6.45) is 5.18. The zero-order chi connectivity index (χ0) is 9.64. The summed E-state index contributed by atoms with van der Waals surface area (Å²) in [5.74, 6) is 0.727. The number of rotatable bonds is 2. The van der Waals surface area contributed by atoms with Gasteiger partial charge < -0.3 is 5.32 Å². The molecule has 0 atom stereocenters. The highest BCUT2D eigenvalue weighted by atomic mass is 35.5. The monoisotopic (exact) mass is 261 g/mol. The second kappa shape index (κ2) is 7.90. The van der Waals surface area contributed by atoms with Gasteiger partial charge in [0.2, 0.25) is 5.96 Å². The van der Waals surface area contributed by atoms with Gasteiger partial charge in [-0.25, -0.2) is 10.4 Å². The lowest BCUT2D eigenvalue weighted by Gasteiger charge is -1.98. The van der Waals surface area contributed by atoms with E-state index in [4.69, 9.17) is 0 Å². The number of nitrogens with one attached hydrogen (secondary N) is 2. The standard InChI is InChI=1S/C9H11N5.2ClH/c1-2-8(6-10-3-1)7-13-14-9-11-4-5-12-9;;/h1-3,6-7H,4-5H2,(H2,11,12,14);2*1H/b13-7+;;. The number of guanidine groups is 1. The summed E-state index contributed by atoms with van der Waals surface area (Å²) in [7, 11) is 0. The topological polar surface area (TPSA) is 61.7 Å². The minimum Gasteiger partial charge on any atom is -0.353 e. The van der Waals surface area contributed by atoms with Crippen LogP contribution >= 0.6 is 24.8 Å². The van der Waals surface area contributed by atoms with Crippen LogP contribution in [0.25, 0.3) is 0 Å². The lowest BCUT2D eigenvalue weighted by Crippen LogP contribution is -2.30. The van der Waals surface area contributed by atoms with E-state index in [0.717, 1.165) is 24.6 Å². The van der Waals surface area contributed by atoms with Gasteiger partial charge in [0.15, 0.2) is 0 Å². The van der Waals surface area contributed by atoms with Crippen molar-refractivity contribution in [3.8, 4) is 0 Å². The fourth-order valence-electron chi connectivity index (χ4n) is 1.09. The van der Waals surface area contributed by atoms with E-state index in [-0.39, 0.29) is 24.8 Å². The Bertz CT molecular complexity index is 352. The maximum atomic E-state index is 4.13. The van der Waals surface area contributed by atoms with Gasteiger partial charge in [-0.2, -0.15) is 5.10 Å². The number of hydrogen-bond acceptors (Lipinski definition) is 5. The molecule has 0 bridgehead atoms. The highest BCUT2D eigenvalue weighted by molar-refractivity contribution is 5.85. The first-order valence-corrected chi connectivity index (χ1v) is 4.42. The van der Waals surface area contributed by atoms with Crippen LogP contribution in [0.5, 0.6) is 0 Å². The van der Waals surface area contributed by atoms with Crippen molar-refractivity contribution in [1.29, 1.82) is 0 Å². The van der Waals surface area contributed by atoms with Gasteiger partial charge in [-0.1, -0.05) is 6.07 Å². The predicted molar refractivity (Wildman–Crippen MR) is 69.8 cm³/mol. The quantitative estimate of drug-likeness (QED) is 0.612. The molecule has 1 aromatic heterocycles. The third kappa shape index (κ3) is 4.46. The summed E-state index contributed by atoms with van der Waals surface area (Å²) in [5, 5.41) is 7.07. The molecule has 0 spiro atoms. The predicted octanol–water partition coefficient (Wildman–Crippen LogP) is 0.808. The average Bonchev–Trinajstić information content (AvgIpc) is 2.72. The maximum Gasteiger partial charge on any atom is 0.212 e. The third-order valence-electron chi connectivity index (χ3n) is 1.74. The number of hydrazone groups is 1. The third-order valence-corrected chi connectivity index (χ3v) is 1.74. The Morgan fingerprint density at radius 3 is 2.94 bits per heavy atom. The summed E-state index contributed by atoms with van der Waals surface area (Å²) < 4.78 is 0. The highest BCUT2D eigenvalue weighted by Crippen LogP contribution is 1.89. The van der Waals surface area contributed by atoms with Crippen LogP contribution in [0.2, 0.25) is 0 Å². The number of pyridine rings is 1. The molecule has 0 aliphatic carbocycles. The first kappa shape index (κ1) is 14.7. The second-order valence-electron chi connectivity index (χ2n) is 2.81. The number of aromatic nitrogens is 1. The van der Waals surface area contributed by atoms with Crippen molar-refractivity contribution in [2.45, 2.75) is 0 Å². The van der Waals surface area contributed by atoms with Gasteiger partial charge in [-0.05, 0) is 6.07 Å². The Morgan fingerprint density at radius 1 is 1.44 bits per heavy atom. The largest absolute Gasteiger partial charge is 0.353 e. The molecule has 2 rings (SSSR count). The minimum atomic E-state index is 0. The van der Waals surface area contributed by atoms with Gasteiger partial charge in [0.1, 0.15) is 0 Å². The van der Waals surface area contributed by atoms with E-state index in [1.807, 2.05) is 12.1 Å². The summed E-state index contributed by atoms with van der Waals surface area (Å²) in [5.41, 5.74) is 3.77. The van der Waals surface area contributed by atoms with Gasteiger partial charge in [0.25, 0.3) is 0 Å². The molecule has 0 unspecified atom stereocenters. The molecule has 0 radical (unpaired) electrons. The molecule has 0 saturated heterocycles. The lowest BCUT2D eigenvalue weighted by atomic mass is 10.3. The molecule has 7 heteroatoms. The number of halogens is 2. The fourth-order valence-corrected chi connectivity index (χ4v) is 1.09. The molecule has 0 aromatic carbocycles. The van der Waals surface area contributed by atoms with Crippen molar-refractivity contribution in [3.05, 3.63) is 30.1 Å². The van der Waals surface area contributed by atoms with Crippen LogP contribution in [0.15, 0.2) is 34.6 Å². The normalized spacial score (nSPS) is 13.4. The van der Waals surface area contributed by atoms with E-state index in [1.54, 1.807) is 18.6 Å². The molecule has 5 nitrogen and oxygen atoms in total. The second-order valence-corrected chi connectivity index (χ2v) is 2.81. The van der Waals surface area contributed by atoms with Gasteiger partial charge in [0.05, 0.1) is 12.8 Å². The number of nitrogens with zero attached hydrogens (tertiary/aromatic N) is 3. The van der Waals surface area contributed by atoms with Crippen molar-refractivity contribution in [2.75, 3.05) is 13.1 Å². The molecule has 0 saturated carbocycles. The maximum absolute atomic E-state index is 4.13.